The molecule has 0 unspecified atom stereocenters. The fourth-order valence-electron chi connectivity index (χ4n) is 3.38. The van der Waals surface area contributed by atoms with Crippen molar-refractivity contribution in [2.24, 2.45) is 0 Å². The highest BCUT2D eigenvalue weighted by atomic mass is 16.5. The van der Waals surface area contributed by atoms with E-state index >= 15 is 0 Å². The lowest BCUT2D eigenvalue weighted by Gasteiger charge is -2.27. The van der Waals surface area contributed by atoms with Gasteiger partial charge in [-0.05, 0) is 25.0 Å². The molecule has 0 radical (unpaired) electrons. The van der Waals surface area contributed by atoms with E-state index in [1.165, 1.54) is 0 Å². The van der Waals surface area contributed by atoms with Gasteiger partial charge in [-0.3, -0.25) is 14.9 Å². The summed E-state index contributed by atoms with van der Waals surface area (Å²) in [6.45, 7) is 0.612. The van der Waals surface area contributed by atoms with Crippen LogP contribution in [0, 0.1) is 0 Å². The number of carbonyl (C=O) groups excluding carboxylic acids is 3. The molecule has 1 aromatic rings. The topological polar surface area (TPSA) is 97.0 Å². The highest BCUT2D eigenvalue weighted by Crippen LogP contribution is 2.39. The second-order valence-corrected chi connectivity index (χ2v) is 6.07. The lowest BCUT2D eigenvalue weighted by atomic mass is 10.0. The molecule has 0 bridgehead atoms. The van der Waals surface area contributed by atoms with Gasteiger partial charge in [-0.25, -0.2) is 4.79 Å². The molecule has 4 amide bonds. The molecule has 2 N–H and O–H groups in total. The molecular weight excluding hydrogens is 326 g/mol. The number of rotatable bonds is 5. The maximum absolute atomic E-state index is 12.7. The van der Waals surface area contributed by atoms with Gasteiger partial charge in [-0.1, -0.05) is 0 Å². The first-order valence-corrected chi connectivity index (χ1v) is 8.16. The van der Waals surface area contributed by atoms with E-state index in [9.17, 15) is 14.4 Å². The predicted molar refractivity (Wildman–Crippen MR) is 88.3 cm³/mol. The van der Waals surface area contributed by atoms with Crippen LogP contribution in [-0.2, 0) is 9.59 Å². The monoisotopic (exact) mass is 347 g/mol. The summed E-state index contributed by atoms with van der Waals surface area (Å²) in [6, 6.07) is 4.05. The number of urea groups is 1. The minimum Gasteiger partial charge on any atom is -0.497 e. The quantitative estimate of drug-likeness (QED) is 0.774. The minimum absolute atomic E-state index is 0.0491. The van der Waals surface area contributed by atoms with Crippen LogP contribution in [-0.4, -0.2) is 49.6 Å². The van der Waals surface area contributed by atoms with Gasteiger partial charge in [0, 0.05) is 18.2 Å². The third-order valence-corrected chi connectivity index (χ3v) is 4.61. The summed E-state index contributed by atoms with van der Waals surface area (Å²) in [7, 11) is 3.17. The summed E-state index contributed by atoms with van der Waals surface area (Å²) >= 11 is 0. The van der Waals surface area contributed by atoms with Crippen molar-refractivity contribution in [3.05, 3.63) is 23.8 Å². The van der Waals surface area contributed by atoms with E-state index in [1.807, 2.05) is 12.1 Å². The van der Waals surface area contributed by atoms with Crippen molar-refractivity contribution in [2.45, 2.75) is 31.3 Å². The van der Waals surface area contributed by atoms with Crippen molar-refractivity contribution in [3.63, 3.8) is 0 Å². The number of amides is 4. The second-order valence-electron chi connectivity index (χ2n) is 6.07. The Kier molecular flexibility index (Phi) is 4.78. The normalized spacial score (nSPS) is 22.6. The number of nitrogens with zero attached hydrogens (tertiary/aromatic N) is 1. The largest absolute Gasteiger partial charge is 0.497 e. The van der Waals surface area contributed by atoms with Crippen LogP contribution in [0.1, 0.15) is 30.9 Å². The van der Waals surface area contributed by atoms with E-state index < -0.39 is 18.0 Å². The van der Waals surface area contributed by atoms with E-state index in [2.05, 4.69) is 10.6 Å². The lowest BCUT2D eigenvalue weighted by molar-refractivity contribution is -0.134. The number of imide groups is 1. The van der Waals surface area contributed by atoms with Crippen molar-refractivity contribution in [2.75, 3.05) is 20.8 Å². The van der Waals surface area contributed by atoms with Gasteiger partial charge in [0.2, 0.25) is 5.91 Å². The number of nitrogens with one attached hydrogen (secondary N) is 2. The van der Waals surface area contributed by atoms with Crippen molar-refractivity contribution >= 4 is 17.8 Å². The number of carbonyl (C=O) groups is 3. The summed E-state index contributed by atoms with van der Waals surface area (Å²) in [6.07, 6.45) is 1.64. The van der Waals surface area contributed by atoms with Gasteiger partial charge in [0.05, 0.1) is 26.7 Å². The van der Waals surface area contributed by atoms with Gasteiger partial charge in [0.1, 0.15) is 17.5 Å². The van der Waals surface area contributed by atoms with Crippen LogP contribution in [0.4, 0.5) is 4.79 Å². The van der Waals surface area contributed by atoms with Crippen LogP contribution >= 0.6 is 0 Å². The van der Waals surface area contributed by atoms with E-state index in [4.69, 9.17) is 9.47 Å². The van der Waals surface area contributed by atoms with Crippen LogP contribution in [0.25, 0.3) is 0 Å². The Hall–Kier alpha value is -2.77. The van der Waals surface area contributed by atoms with E-state index in [-0.39, 0.29) is 18.4 Å². The Bertz CT molecular complexity index is 706. The van der Waals surface area contributed by atoms with Gasteiger partial charge in [-0.2, -0.15) is 0 Å². The average molecular weight is 347 g/mol. The van der Waals surface area contributed by atoms with Crippen molar-refractivity contribution < 1.29 is 23.9 Å². The molecule has 3 rings (SSSR count). The van der Waals surface area contributed by atoms with Crippen LogP contribution in [0.3, 0.4) is 0 Å². The molecule has 2 fully saturated rings. The molecule has 0 saturated carbocycles. The molecule has 134 valence electrons. The Balaban J connectivity index is 1.77. The van der Waals surface area contributed by atoms with Gasteiger partial charge in [-0.15, -0.1) is 0 Å². The third kappa shape index (κ3) is 3.38. The maximum atomic E-state index is 12.7. The van der Waals surface area contributed by atoms with Gasteiger partial charge in [0.25, 0.3) is 5.91 Å². The number of benzene rings is 1. The standard InChI is InChI=1S/C17H21N3O5/c1-24-10-5-6-11(14(8-10)25-2)13-4-3-7-20(13)15(21)9-12-16(22)19-17(23)18-12/h5-6,8,12-13H,3-4,7,9H2,1-2H3,(H2,18,19,22,23)/t12-,13-/m0/s1. The van der Waals surface area contributed by atoms with Crippen LogP contribution < -0.4 is 20.1 Å². The molecule has 8 heteroatoms. The smallest absolute Gasteiger partial charge is 0.322 e. The molecule has 2 heterocycles. The zero-order chi connectivity index (χ0) is 18.0. The average Bonchev–Trinajstić information content (AvgIpc) is 3.20. The highest BCUT2D eigenvalue weighted by Gasteiger charge is 2.37. The molecule has 2 saturated heterocycles. The first kappa shape index (κ1) is 17.1. The third-order valence-electron chi connectivity index (χ3n) is 4.61. The summed E-state index contributed by atoms with van der Waals surface area (Å²) in [5.41, 5.74) is 0.911. The van der Waals surface area contributed by atoms with Crippen molar-refractivity contribution in [1.82, 2.24) is 15.5 Å². The Morgan fingerprint density at radius 2 is 2.08 bits per heavy atom. The number of methoxy groups -OCH3 is 2. The fourth-order valence-corrected chi connectivity index (χ4v) is 3.38. The molecule has 0 aliphatic carbocycles. The van der Waals surface area contributed by atoms with Crippen LogP contribution in [0.5, 0.6) is 11.5 Å². The van der Waals surface area contributed by atoms with Gasteiger partial charge in [0.15, 0.2) is 0 Å². The molecule has 25 heavy (non-hydrogen) atoms. The van der Waals surface area contributed by atoms with Crippen molar-refractivity contribution in [3.8, 4) is 11.5 Å². The zero-order valence-electron chi connectivity index (χ0n) is 14.2. The summed E-state index contributed by atoms with van der Waals surface area (Å²) in [5, 5.41) is 4.60. The van der Waals surface area contributed by atoms with Gasteiger partial charge < -0.3 is 19.7 Å². The molecule has 1 aromatic carbocycles. The molecule has 2 atom stereocenters. The molecule has 2 aliphatic heterocycles. The van der Waals surface area contributed by atoms with Crippen LogP contribution in [0.15, 0.2) is 18.2 Å². The second kappa shape index (κ2) is 7.00. The highest BCUT2D eigenvalue weighted by molar-refractivity contribution is 6.05. The SMILES string of the molecule is COc1ccc([C@@H]2CCCN2C(=O)C[C@@H]2NC(=O)NC2=O)c(OC)c1. The van der Waals surface area contributed by atoms with E-state index in [0.29, 0.717) is 18.0 Å². The first-order chi connectivity index (χ1) is 12.0. The number of likely N-dealkylation sites (tertiary alicyclic amines) is 1. The lowest BCUT2D eigenvalue weighted by Crippen LogP contribution is -2.38. The van der Waals surface area contributed by atoms with E-state index in [0.717, 1.165) is 18.4 Å². The summed E-state index contributed by atoms with van der Waals surface area (Å²) in [5.74, 6) is 0.719. The summed E-state index contributed by atoms with van der Waals surface area (Å²) in [4.78, 5) is 37.3. The zero-order valence-corrected chi connectivity index (χ0v) is 14.2. The molecule has 0 spiro atoms. The van der Waals surface area contributed by atoms with E-state index in [1.54, 1.807) is 25.2 Å². The number of hydrogen-bond donors (Lipinski definition) is 2. The molecule has 2 aliphatic rings. The number of ether oxygens (including phenoxy) is 2. The minimum atomic E-state index is -0.806. The Labute approximate surface area is 145 Å². The Morgan fingerprint density at radius 3 is 2.72 bits per heavy atom. The summed E-state index contributed by atoms with van der Waals surface area (Å²) < 4.78 is 10.7. The molecule has 8 nitrogen and oxygen atoms in total. The maximum Gasteiger partial charge on any atom is 0.322 e. The molecular formula is C17H21N3O5. The predicted octanol–water partition coefficient (Wildman–Crippen LogP) is 0.965. The van der Waals surface area contributed by atoms with Gasteiger partial charge >= 0.3 is 6.03 Å². The first-order valence-electron chi connectivity index (χ1n) is 8.16. The Morgan fingerprint density at radius 1 is 1.28 bits per heavy atom. The van der Waals surface area contributed by atoms with Crippen LogP contribution in [0.2, 0.25) is 0 Å². The fraction of sp³-hybridized carbons (Fsp3) is 0.471. The number of hydrogen-bond acceptors (Lipinski definition) is 5. The molecule has 0 aromatic heterocycles. The van der Waals surface area contributed by atoms with Crippen molar-refractivity contribution in [1.29, 1.82) is 0 Å².